The van der Waals surface area contributed by atoms with Crippen molar-refractivity contribution in [1.82, 2.24) is 15.0 Å². The lowest BCUT2D eigenvalue weighted by molar-refractivity contribution is 0.436. The Kier molecular flexibility index (Phi) is 7.70. The number of para-hydroxylation sites is 1. The number of hydrogen-bond acceptors (Lipinski definition) is 5. The summed E-state index contributed by atoms with van der Waals surface area (Å²) in [5, 5.41) is 9.72. The minimum atomic E-state index is -0.680. The molecule has 2 heterocycles. The second kappa shape index (κ2) is 13.4. The summed E-state index contributed by atoms with van der Waals surface area (Å²) in [7, 11) is 0. The van der Waals surface area contributed by atoms with Gasteiger partial charge in [-0.1, -0.05) is 164 Å². The smallest absolute Gasteiger partial charge is 0.164 e. The van der Waals surface area contributed by atoms with Crippen LogP contribution < -0.4 is 4.74 Å². The number of rotatable bonds is 5. The fourth-order valence-electron chi connectivity index (χ4n) is 8.83. The Morgan fingerprint density at radius 1 is 0.362 bits per heavy atom. The van der Waals surface area contributed by atoms with Crippen molar-refractivity contribution >= 4 is 0 Å². The summed E-state index contributed by atoms with van der Waals surface area (Å²) in [6.45, 7) is 0. The molecule has 1 aliphatic carbocycles. The van der Waals surface area contributed by atoms with Gasteiger partial charge in [0.25, 0.3) is 0 Å². The molecule has 1 aromatic heterocycles. The fraction of sp³-hybridized carbons (Fsp3) is 0.0189. The van der Waals surface area contributed by atoms with Gasteiger partial charge in [0.05, 0.1) is 17.0 Å². The normalized spacial score (nSPS) is 12.7. The van der Waals surface area contributed by atoms with E-state index in [0.717, 1.165) is 61.6 Å². The molecule has 0 bridgehead atoms. The summed E-state index contributed by atoms with van der Waals surface area (Å²) < 4.78 is 6.92. The first-order valence-electron chi connectivity index (χ1n) is 19.3. The predicted octanol–water partition coefficient (Wildman–Crippen LogP) is 12.5. The maximum atomic E-state index is 9.72. The highest BCUT2D eigenvalue weighted by atomic mass is 16.5. The van der Waals surface area contributed by atoms with Gasteiger partial charge in [-0.05, 0) is 74.8 Å². The molecule has 8 aromatic carbocycles. The van der Waals surface area contributed by atoms with Crippen molar-refractivity contribution in [3.05, 3.63) is 222 Å². The summed E-state index contributed by atoms with van der Waals surface area (Å²) in [5.74, 6) is 3.24. The van der Waals surface area contributed by atoms with Crippen molar-refractivity contribution in [3.8, 4) is 85.1 Å². The van der Waals surface area contributed by atoms with Crippen LogP contribution in [0.4, 0.5) is 0 Å². The Morgan fingerprint density at radius 2 is 0.845 bits per heavy atom. The van der Waals surface area contributed by atoms with E-state index < -0.39 is 5.41 Å². The van der Waals surface area contributed by atoms with Gasteiger partial charge in [0.2, 0.25) is 0 Å². The highest BCUT2D eigenvalue weighted by molar-refractivity contribution is 5.92. The van der Waals surface area contributed by atoms with Crippen molar-refractivity contribution in [1.29, 1.82) is 5.26 Å². The van der Waals surface area contributed by atoms with Crippen LogP contribution in [-0.2, 0) is 5.41 Å². The molecule has 5 heteroatoms. The molecule has 5 nitrogen and oxygen atoms in total. The second-order valence-electron chi connectivity index (χ2n) is 14.6. The van der Waals surface area contributed by atoms with Crippen LogP contribution in [0.15, 0.2) is 194 Å². The second-order valence-corrected chi connectivity index (χ2v) is 14.6. The van der Waals surface area contributed by atoms with Gasteiger partial charge in [0.15, 0.2) is 17.5 Å². The molecule has 2 aliphatic rings. The molecule has 0 amide bonds. The lowest BCUT2D eigenvalue weighted by Crippen LogP contribution is -2.32. The average molecular weight is 741 g/mol. The van der Waals surface area contributed by atoms with Crippen molar-refractivity contribution in [3.63, 3.8) is 0 Å². The van der Waals surface area contributed by atoms with Gasteiger partial charge in [0.1, 0.15) is 11.5 Å². The number of benzene rings is 8. The molecular weight excluding hydrogens is 709 g/mol. The summed E-state index contributed by atoms with van der Waals surface area (Å²) in [4.78, 5) is 15.7. The third-order valence-corrected chi connectivity index (χ3v) is 11.5. The molecule has 0 N–H and O–H groups in total. The van der Waals surface area contributed by atoms with E-state index in [4.69, 9.17) is 19.7 Å². The number of ether oxygens (including phenoxy) is 1. The monoisotopic (exact) mass is 740 g/mol. The molecule has 0 saturated heterocycles. The Balaban J connectivity index is 1.20. The van der Waals surface area contributed by atoms with Gasteiger partial charge in [-0.15, -0.1) is 0 Å². The van der Waals surface area contributed by atoms with E-state index in [1.807, 2.05) is 78.9 Å². The van der Waals surface area contributed by atoms with Crippen LogP contribution in [0.1, 0.15) is 27.8 Å². The summed E-state index contributed by atoms with van der Waals surface area (Å²) in [6.07, 6.45) is 0. The van der Waals surface area contributed by atoms with Gasteiger partial charge < -0.3 is 4.74 Å². The Bertz CT molecular complexity index is 3030. The predicted molar refractivity (Wildman–Crippen MR) is 229 cm³/mol. The molecule has 0 saturated carbocycles. The first-order valence-corrected chi connectivity index (χ1v) is 19.3. The molecule has 0 atom stereocenters. The van der Waals surface area contributed by atoms with Gasteiger partial charge in [0, 0.05) is 27.8 Å². The Labute approximate surface area is 336 Å². The number of nitriles is 1. The highest BCUT2D eigenvalue weighted by Gasteiger charge is 2.51. The maximum Gasteiger partial charge on any atom is 0.164 e. The van der Waals surface area contributed by atoms with Crippen molar-refractivity contribution in [2.75, 3.05) is 0 Å². The number of aromatic nitrogens is 3. The minimum absolute atomic E-state index is 0.534. The van der Waals surface area contributed by atoms with E-state index in [9.17, 15) is 5.26 Å². The van der Waals surface area contributed by atoms with Crippen molar-refractivity contribution in [2.45, 2.75) is 5.41 Å². The molecular formula is C53H32N4O. The molecule has 1 spiro atoms. The van der Waals surface area contributed by atoms with E-state index in [1.165, 1.54) is 22.3 Å². The van der Waals surface area contributed by atoms with Gasteiger partial charge in [-0.25, -0.2) is 15.0 Å². The zero-order valence-corrected chi connectivity index (χ0v) is 31.2. The number of hydrogen-bond donors (Lipinski definition) is 0. The molecule has 11 rings (SSSR count). The summed E-state index contributed by atoms with van der Waals surface area (Å²) in [6, 6.07) is 68.9. The van der Waals surface area contributed by atoms with Crippen LogP contribution in [0, 0.1) is 11.3 Å². The zero-order valence-electron chi connectivity index (χ0n) is 31.2. The fourth-order valence-corrected chi connectivity index (χ4v) is 8.83. The SMILES string of the molecule is N#Cc1ccc(-c2cc3c(cc2-c2nc(-c4ccccc4)nc(-c4ccc(-c5ccccc5)cc4)n2)C2(c4ccccc4O3)c3ccccc3-c3ccccc32)cc1. The lowest BCUT2D eigenvalue weighted by atomic mass is 9.65. The van der Waals surface area contributed by atoms with Crippen LogP contribution in [0.5, 0.6) is 11.5 Å². The first-order chi connectivity index (χ1) is 28.7. The highest BCUT2D eigenvalue weighted by Crippen LogP contribution is 2.63. The molecule has 0 fully saturated rings. The topological polar surface area (TPSA) is 71.7 Å². The number of nitrogens with zero attached hydrogens (tertiary/aromatic N) is 4. The summed E-state index contributed by atoms with van der Waals surface area (Å²) in [5.41, 5.74) is 13.4. The van der Waals surface area contributed by atoms with Crippen LogP contribution >= 0.6 is 0 Å². The maximum absolute atomic E-state index is 9.72. The molecule has 1 aliphatic heterocycles. The quantitative estimate of drug-likeness (QED) is 0.176. The van der Waals surface area contributed by atoms with E-state index in [-0.39, 0.29) is 0 Å². The van der Waals surface area contributed by atoms with Crippen LogP contribution in [0.25, 0.3) is 67.5 Å². The third-order valence-electron chi connectivity index (χ3n) is 11.5. The third kappa shape index (κ3) is 5.20. The van der Waals surface area contributed by atoms with Crippen molar-refractivity contribution in [2.24, 2.45) is 0 Å². The molecule has 0 unspecified atom stereocenters. The molecule has 9 aromatic rings. The summed E-state index contributed by atoms with van der Waals surface area (Å²) >= 11 is 0. The largest absolute Gasteiger partial charge is 0.457 e. The zero-order chi connectivity index (χ0) is 38.6. The first kappa shape index (κ1) is 33.4. The van der Waals surface area contributed by atoms with E-state index in [2.05, 4.69) is 121 Å². The van der Waals surface area contributed by atoms with E-state index in [1.54, 1.807) is 0 Å². The van der Waals surface area contributed by atoms with Gasteiger partial charge >= 0.3 is 0 Å². The molecule has 58 heavy (non-hydrogen) atoms. The van der Waals surface area contributed by atoms with Crippen LogP contribution in [0.2, 0.25) is 0 Å². The molecule has 0 radical (unpaired) electrons. The Morgan fingerprint density at radius 3 is 1.48 bits per heavy atom. The van der Waals surface area contributed by atoms with Crippen LogP contribution in [-0.4, -0.2) is 15.0 Å². The Hall–Kier alpha value is -7.94. The standard InChI is InChI=1S/C53H32N4O/c54-33-34-23-25-37(26-24-34)42-32-49-47(53(46-21-11-12-22-48(46)58-49)44-19-9-7-17-40(44)41-18-8-10-20-45(41)53)31-43(42)52-56-50(38-15-5-2-6-16-38)55-51(57-52)39-29-27-36(28-30-39)35-13-3-1-4-14-35/h1-32H. The average Bonchev–Trinajstić information content (AvgIpc) is 3.60. The lowest BCUT2D eigenvalue weighted by Gasteiger charge is -2.40. The van der Waals surface area contributed by atoms with Gasteiger partial charge in [-0.2, -0.15) is 5.26 Å². The van der Waals surface area contributed by atoms with Gasteiger partial charge in [-0.3, -0.25) is 0 Å². The van der Waals surface area contributed by atoms with Crippen LogP contribution in [0.3, 0.4) is 0 Å². The van der Waals surface area contributed by atoms with Crippen molar-refractivity contribution < 1.29 is 4.74 Å². The van der Waals surface area contributed by atoms with E-state index >= 15 is 0 Å². The minimum Gasteiger partial charge on any atom is -0.457 e. The number of fused-ring (bicyclic) bond motifs is 9. The molecule has 270 valence electrons. The van der Waals surface area contributed by atoms with E-state index in [0.29, 0.717) is 23.0 Å².